The van der Waals surface area contributed by atoms with Crippen molar-refractivity contribution in [3.05, 3.63) is 53.8 Å². The Labute approximate surface area is 152 Å². The Morgan fingerprint density at radius 2 is 2.08 bits per heavy atom. The number of amides is 1. The maximum absolute atomic E-state index is 13.6. The SMILES string of the molecule is COc1ccc2c(c1)[C@H](NC(=O)COc1ccccc1F)CC(C)(C)O2. The number of ether oxygens (including phenoxy) is 3. The normalized spacial score (nSPS) is 17.6. The van der Waals surface area contributed by atoms with Crippen LogP contribution in [0.3, 0.4) is 0 Å². The number of para-hydroxylation sites is 1. The number of methoxy groups -OCH3 is 1. The van der Waals surface area contributed by atoms with Crippen molar-refractivity contribution in [3.8, 4) is 17.2 Å². The second-order valence-electron chi connectivity index (χ2n) is 6.81. The number of hydrogen-bond donors (Lipinski definition) is 1. The van der Waals surface area contributed by atoms with Gasteiger partial charge in [0.15, 0.2) is 18.2 Å². The lowest BCUT2D eigenvalue weighted by Crippen LogP contribution is -2.42. The van der Waals surface area contributed by atoms with E-state index in [-0.39, 0.29) is 24.3 Å². The molecule has 0 radical (unpaired) electrons. The highest BCUT2D eigenvalue weighted by Crippen LogP contribution is 2.41. The molecule has 1 amide bonds. The van der Waals surface area contributed by atoms with Gasteiger partial charge in [-0.2, -0.15) is 0 Å². The summed E-state index contributed by atoms with van der Waals surface area (Å²) in [6.45, 7) is 3.67. The van der Waals surface area contributed by atoms with E-state index in [2.05, 4.69) is 5.32 Å². The Morgan fingerprint density at radius 3 is 2.81 bits per heavy atom. The van der Waals surface area contributed by atoms with Gasteiger partial charge in [-0.3, -0.25) is 4.79 Å². The molecule has 1 atom stereocenters. The second kappa shape index (κ2) is 7.23. The topological polar surface area (TPSA) is 56.8 Å². The van der Waals surface area contributed by atoms with Crippen LogP contribution in [0, 0.1) is 5.82 Å². The Morgan fingerprint density at radius 1 is 1.31 bits per heavy atom. The fourth-order valence-electron chi connectivity index (χ4n) is 3.03. The Balaban J connectivity index is 1.72. The molecule has 0 saturated heterocycles. The van der Waals surface area contributed by atoms with Gasteiger partial charge in [-0.25, -0.2) is 4.39 Å². The van der Waals surface area contributed by atoms with Crippen molar-refractivity contribution in [1.82, 2.24) is 5.32 Å². The third-order valence-electron chi connectivity index (χ3n) is 4.20. The highest BCUT2D eigenvalue weighted by atomic mass is 19.1. The van der Waals surface area contributed by atoms with Crippen LogP contribution >= 0.6 is 0 Å². The van der Waals surface area contributed by atoms with Crippen LogP contribution in [0.1, 0.15) is 31.9 Å². The van der Waals surface area contributed by atoms with Crippen molar-refractivity contribution in [1.29, 1.82) is 0 Å². The number of rotatable bonds is 5. The minimum Gasteiger partial charge on any atom is -0.497 e. The highest BCUT2D eigenvalue weighted by Gasteiger charge is 2.34. The third-order valence-corrected chi connectivity index (χ3v) is 4.20. The lowest BCUT2D eigenvalue weighted by molar-refractivity contribution is -0.124. The monoisotopic (exact) mass is 359 g/mol. The summed E-state index contributed by atoms with van der Waals surface area (Å²) in [5, 5.41) is 2.95. The van der Waals surface area contributed by atoms with Gasteiger partial charge in [0, 0.05) is 12.0 Å². The number of carbonyl (C=O) groups is 1. The van der Waals surface area contributed by atoms with Gasteiger partial charge in [0.05, 0.1) is 13.2 Å². The van der Waals surface area contributed by atoms with Gasteiger partial charge >= 0.3 is 0 Å². The summed E-state index contributed by atoms with van der Waals surface area (Å²) < 4.78 is 30.1. The van der Waals surface area contributed by atoms with Crippen molar-refractivity contribution in [2.24, 2.45) is 0 Å². The maximum Gasteiger partial charge on any atom is 0.258 e. The first-order valence-corrected chi connectivity index (χ1v) is 8.41. The van der Waals surface area contributed by atoms with Crippen molar-refractivity contribution in [2.75, 3.05) is 13.7 Å². The van der Waals surface area contributed by atoms with E-state index < -0.39 is 11.4 Å². The molecule has 1 N–H and O–H groups in total. The fourth-order valence-corrected chi connectivity index (χ4v) is 3.03. The minimum atomic E-state index is -0.498. The zero-order chi connectivity index (χ0) is 18.7. The highest BCUT2D eigenvalue weighted by molar-refractivity contribution is 5.78. The molecule has 1 heterocycles. The maximum atomic E-state index is 13.6. The van der Waals surface area contributed by atoms with Crippen LogP contribution < -0.4 is 19.5 Å². The summed E-state index contributed by atoms with van der Waals surface area (Å²) in [7, 11) is 1.59. The first-order valence-electron chi connectivity index (χ1n) is 8.41. The quantitative estimate of drug-likeness (QED) is 0.886. The molecular weight excluding hydrogens is 337 g/mol. The molecule has 2 aromatic carbocycles. The predicted octanol–water partition coefficient (Wildman–Crippen LogP) is 3.63. The van der Waals surface area contributed by atoms with Crippen LogP contribution in [0.15, 0.2) is 42.5 Å². The van der Waals surface area contributed by atoms with Crippen LogP contribution in [-0.4, -0.2) is 25.2 Å². The molecule has 1 aliphatic rings. The molecule has 1 aliphatic heterocycles. The molecule has 5 nitrogen and oxygen atoms in total. The number of benzene rings is 2. The fraction of sp³-hybridized carbons (Fsp3) is 0.350. The first kappa shape index (κ1) is 18.0. The molecule has 2 aromatic rings. The molecule has 26 heavy (non-hydrogen) atoms. The van der Waals surface area contributed by atoms with Gasteiger partial charge in [-0.15, -0.1) is 0 Å². The summed E-state index contributed by atoms with van der Waals surface area (Å²) in [5.41, 5.74) is 0.425. The molecule has 0 saturated carbocycles. The third kappa shape index (κ3) is 4.07. The lowest BCUT2D eigenvalue weighted by Gasteiger charge is -2.38. The molecule has 6 heteroatoms. The van der Waals surface area contributed by atoms with Crippen molar-refractivity contribution >= 4 is 5.91 Å². The zero-order valence-electron chi connectivity index (χ0n) is 15.0. The predicted molar refractivity (Wildman–Crippen MR) is 95.1 cm³/mol. The average molecular weight is 359 g/mol. The molecule has 0 fully saturated rings. The van der Waals surface area contributed by atoms with E-state index in [0.717, 1.165) is 5.56 Å². The average Bonchev–Trinajstić information content (AvgIpc) is 2.60. The Hall–Kier alpha value is -2.76. The van der Waals surface area contributed by atoms with Crippen LogP contribution in [-0.2, 0) is 4.79 Å². The van der Waals surface area contributed by atoms with Crippen molar-refractivity contribution in [3.63, 3.8) is 0 Å². The smallest absolute Gasteiger partial charge is 0.258 e. The summed E-state index contributed by atoms with van der Waals surface area (Å²) in [5.74, 6) is 0.626. The molecule has 0 aliphatic carbocycles. The van der Waals surface area contributed by atoms with E-state index in [0.29, 0.717) is 17.9 Å². The van der Waals surface area contributed by atoms with E-state index in [4.69, 9.17) is 14.2 Å². The second-order valence-corrected chi connectivity index (χ2v) is 6.81. The van der Waals surface area contributed by atoms with E-state index in [1.54, 1.807) is 19.2 Å². The molecule has 0 spiro atoms. The van der Waals surface area contributed by atoms with Crippen molar-refractivity contribution < 1.29 is 23.4 Å². The summed E-state index contributed by atoms with van der Waals surface area (Å²) >= 11 is 0. The van der Waals surface area contributed by atoms with Crippen LogP contribution in [0.4, 0.5) is 4.39 Å². The van der Waals surface area contributed by atoms with E-state index in [1.165, 1.54) is 12.1 Å². The largest absolute Gasteiger partial charge is 0.497 e. The number of halogens is 1. The number of fused-ring (bicyclic) bond motifs is 1. The molecule has 3 rings (SSSR count). The van der Waals surface area contributed by atoms with Crippen molar-refractivity contribution in [2.45, 2.75) is 31.9 Å². The molecule has 138 valence electrons. The van der Waals surface area contributed by atoms with Gasteiger partial charge in [0.1, 0.15) is 17.1 Å². The first-order chi connectivity index (χ1) is 12.4. The zero-order valence-corrected chi connectivity index (χ0v) is 15.0. The van der Waals surface area contributed by atoms with Gasteiger partial charge in [-0.1, -0.05) is 12.1 Å². The van der Waals surface area contributed by atoms with Crippen LogP contribution in [0.2, 0.25) is 0 Å². The van der Waals surface area contributed by atoms with Crippen LogP contribution in [0.25, 0.3) is 0 Å². The van der Waals surface area contributed by atoms with E-state index in [1.807, 2.05) is 32.0 Å². The molecule has 0 unspecified atom stereocenters. The number of hydrogen-bond acceptors (Lipinski definition) is 4. The summed E-state index contributed by atoms with van der Waals surface area (Å²) in [4.78, 5) is 12.3. The number of carbonyl (C=O) groups excluding carboxylic acids is 1. The molecule has 0 bridgehead atoms. The minimum absolute atomic E-state index is 0.0528. The Bertz CT molecular complexity index is 806. The lowest BCUT2D eigenvalue weighted by atomic mass is 9.89. The van der Waals surface area contributed by atoms with Gasteiger partial charge in [0.2, 0.25) is 0 Å². The van der Waals surface area contributed by atoms with E-state index in [9.17, 15) is 9.18 Å². The van der Waals surface area contributed by atoms with Gasteiger partial charge in [-0.05, 0) is 44.2 Å². The van der Waals surface area contributed by atoms with Crippen LogP contribution in [0.5, 0.6) is 17.2 Å². The summed E-state index contributed by atoms with van der Waals surface area (Å²) in [6, 6.07) is 11.3. The summed E-state index contributed by atoms with van der Waals surface area (Å²) in [6.07, 6.45) is 0.596. The Kier molecular flexibility index (Phi) is 5.02. The standard InChI is InChI=1S/C20H22FNO4/c1-20(2)11-16(14-10-13(24-3)8-9-17(14)26-20)22-19(23)12-25-18-7-5-4-6-15(18)21/h4-10,16H,11-12H2,1-3H3,(H,22,23)/t16-/m1/s1. The van der Waals surface area contributed by atoms with Gasteiger partial charge in [0.25, 0.3) is 5.91 Å². The number of nitrogens with one attached hydrogen (secondary N) is 1. The van der Waals surface area contributed by atoms with E-state index >= 15 is 0 Å². The molecule has 0 aromatic heterocycles. The molecular formula is C20H22FNO4. The van der Waals surface area contributed by atoms with Gasteiger partial charge < -0.3 is 19.5 Å².